The Bertz CT molecular complexity index is 415. The SMILES string of the molecule is CNCC1CCN(C(C)c2cc(O)ccc2O)CC1. The number of piperidine rings is 1. The second-order valence-corrected chi connectivity index (χ2v) is 5.46. The molecule has 3 N–H and O–H groups in total. The van der Waals surface area contributed by atoms with Gasteiger partial charge >= 0.3 is 0 Å². The molecule has 1 fully saturated rings. The van der Waals surface area contributed by atoms with Crippen molar-refractivity contribution >= 4 is 0 Å². The number of hydrogen-bond acceptors (Lipinski definition) is 4. The molecule has 4 nitrogen and oxygen atoms in total. The van der Waals surface area contributed by atoms with Crippen molar-refractivity contribution < 1.29 is 10.2 Å². The van der Waals surface area contributed by atoms with Crippen LogP contribution in [-0.4, -0.2) is 41.8 Å². The van der Waals surface area contributed by atoms with Gasteiger partial charge in [-0.15, -0.1) is 0 Å². The zero-order chi connectivity index (χ0) is 13.8. The first-order chi connectivity index (χ1) is 9.11. The number of hydrogen-bond donors (Lipinski definition) is 3. The first kappa shape index (κ1) is 14.2. The van der Waals surface area contributed by atoms with E-state index < -0.39 is 0 Å². The van der Waals surface area contributed by atoms with Gasteiger partial charge in [0.05, 0.1) is 0 Å². The number of benzene rings is 1. The highest BCUT2D eigenvalue weighted by molar-refractivity contribution is 5.40. The van der Waals surface area contributed by atoms with Crippen LogP contribution in [0.4, 0.5) is 0 Å². The molecule has 0 aromatic heterocycles. The Labute approximate surface area is 115 Å². The Kier molecular flexibility index (Phi) is 4.66. The van der Waals surface area contributed by atoms with E-state index in [0.29, 0.717) is 0 Å². The van der Waals surface area contributed by atoms with Crippen molar-refractivity contribution in [3.8, 4) is 11.5 Å². The number of likely N-dealkylation sites (tertiary alicyclic amines) is 1. The van der Waals surface area contributed by atoms with Crippen LogP contribution in [0.3, 0.4) is 0 Å². The zero-order valence-electron chi connectivity index (χ0n) is 11.8. The second-order valence-electron chi connectivity index (χ2n) is 5.46. The van der Waals surface area contributed by atoms with Crippen molar-refractivity contribution in [3.05, 3.63) is 23.8 Å². The van der Waals surface area contributed by atoms with E-state index in [1.807, 2.05) is 7.05 Å². The third kappa shape index (κ3) is 3.39. The number of phenols is 2. The van der Waals surface area contributed by atoms with Gasteiger partial charge in [-0.3, -0.25) is 4.90 Å². The lowest BCUT2D eigenvalue weighted by molar-refractivity contribution is 0.139. The molecule has 0 saturated carbocycles. The molecule has 1 saturated heterocycles. The summed E-state index contributed by atoms with van der Waals surface area (Å²) in [6, 6.07) is 4.89. The third-order valence-corrected chi connectivity index (χ3v) is 4.15. The maximum atomic E-state index is 9.92. The highest BCUT2D eigenvalue weighted by atomic mass is 16.3. The molecular weight excluding hydrogens is 240 g/mol. The smallest absolute Gasteiger partial charge is 0.120 e. The lowest BCUT2D eigenvalue weighted by Gasteiger charge is -2.36. The van der Waals surface area contributed by atoms with Gasteiger partial charge in [0.15, 0.2) is 0 Å². The van der Waals surface area contributed by atoms with Gasteiger partial charge in [0, 0.05) is 11.6 Å². The summed E-state index contributed by atoms with van der Waals surface area (Å²) in [7, 11) is 2.00. The van der Waals surface area contributed by atoms with E-state index in [0.717, 1.165) is 31.1 Å². The lowest BCUT2D eigenvalue weighted by atomic mass is 9.94. The topological polar surface area (TPSA) is 55.7 Å². The molecule has 1 unspecified atom stereocenters. The van der Waals surface area contributed by atoms with Gasteiger partial charge in [0.25, 0.3) is 0 Å². The Morgan fingerprint density at radius 2 is 2.00 bits per heavy atom. The van der Waals surface area contributed by atoms with Crippen LogP contribution in [0.15, 0.2) is 18.2 Å². The highest BCUT2D eigenvalue weighted by Gasteiger charge is 2.24. The normalized spacial score (nSPS) is 19.5. The summed E-state index contributed by atoms with van der Waals surface area (Å²) in [6.07, 6.45) is 2.37. The van der Waals surface area contributed by atoms with E-state index >= 15 is 0 Å². The minimum atomic E-state index is 0.141. The third-order valence-electron chi connectivity index (χ3n) is 4.15. The molecule has 2 rings (SSSR count). The molecule has 0 amide bonds. The standard InChI is InChI=1S/C15H24N2O2/c1-11(14-9-13(18)3-4-15(14)19)17-7-5-12(6-8-17)10-16-2/h3-4,9,11-12,16,18-19H,5-8,10H2,1-2H3. The van der Waals surface area contributed by atoms with Crippen molar-refractivity contribution in [3.63, 3.8) is 0 Å². The van der Waals surface area contributed by atoms with Crippen molar-refractivity contribution in [2.45, 2.75) is 25.8 Å². The highest BCUT2D eigenvalue weighted by Crippen LogP contribution is 2.33. The van der Waals surface area contributed by atoms with Crippen LogP contribution >= 0.6 is 0 Å². The number of aromatic hydroxyl groups is 2. The summed E-state index contributed by atoms with van der Waals surface area (Å²) in [6.45, 7) is 5.26. The van der Waals surface area contributed by atoms with Gasteiger partial charge in [0.1, 0.15) is 11.5 Å². The van der Waals surface area contributed by atoms with Crippen molar-refractivity contribution in [1.82, 2.24) is 10.2 Å². The largest absolute Gasteiger partial charge is 0.508 e. The number of rotatable bonds is 4. The predicted octanol–water partition coefficient (Wildman–Crippen LogP) is 2.09. The second kappa shape index (κ2) is 6.26. The zero-order valence-corrected chi connectivity index (χ0v) is 11.8. The van der Waals surface area contributed by atoms with E-state index in [4.69, 9.17) is 0 Å². The fourth-order valence-corrected chi connectivity index (χ4v) is 2.91. The Hall–Kier alpha value is -1.26. The average molecular weight is 264 g/mol. The molecule has 0 radical (unpaired) electrons. The predicted molar refractivity (Wildman–Crippen MR) is 76.4 cm³/mol. The molecule has 1 aromatic carbocycles. The van der Waals surface area contributed by atoms with E-state index in [9.17, 15) is 10.2 Å². The minimum absolute atomic E-state index is 0.141. The van der Waals surface area contributed by atoms with Gasteiger partial charge in [-0.1, -0.05) is 0 Å². The molecule has 0 bridgehead atoms. The summed E-state index contributed by atoms with van der Waals surface area (Å²) in [4.78, 5) is 2.38. The summed E-state index contributed by atoms with van der Waals surface area (Å²) >= 11 is 0. The van der Waals surface area contributed by atoms with Gasteiger partial charge in [-0.05, 0) is 70.6 Å². The molecule has 19 heavy (non-hydrogen) atoms. The fraction of sp³-hybridized carbons (Fsp3) is 0.600. The lowest BCUT2D eigenvalue weighted by Crippen LogP contribution is -2.38. The molecule has 0 aliphatic carbocycles. The van der Waals surface area contributed by atoms with Crippen LogP contribution in [0.5, 0.6) is 11.5 Å². The molecule has 1 aliphatic heterocycles. The maximum Gasteiger partial charge on any atom is 0.120 e. The molecule has 0 spiro atoms. The summed E-state index contributed by atoms with van der Waals surface area (Å²) in [5, 5.41) is 22.7. The van der Waals surface area contributed by atoms with Crippen LogP contribution in [-0.2, 0) is 0 Å². The van der Waals surface area contributed by atoms with Crippen LogP contribution in [0.25, 0.3) is 0 Å². The number of nitrogens with one attached hydrogen (secondary N) is 1. The minimum Gasteiger partial charge on any atom is -0.508 e. The van der Waals surface area contributed by atoms with E-state index in [2.05, 4.69) is 17.1 Å². The molecule has 1 aliphatic rings. The Morgan fingerprint density at radius 3 is 2.63 bits per heavy atom. The van der Waals surface area contributed by atoms with Gasteiger partial charge in [0.2, 0.25) is 0 Å². The quantitative estimate of drug-likeness (QED) is 0.729. The van der Waals surface area contributed by atoms with Gasteiger partial charge in [-0.25, -0.2) is 0 Å². The van der Waals surface area contributed by atoms with Crippen LogP contribution in [0.2, 0.25) is 0 Å². The van der Waals surface area contributed by atoms with E-state index in [1.165, 1.54) is 18.9 Å². The first-order valence-corrected chi connectivity index (χ1v) is 7.02. The van der Waals surface area contributed by atoms with Crippen molar-refractivity contribution in [2.75, 3.05) is 26.7 Å². The number of phenolic OH excluding ortho intramolecular Hbond substituents is 2. The van der Waals surface area contributed by atoms with Gasteiger partial charge in [-0.2, -0.15) is 0 Å². The van der Waals surface area contributed by atoms with Gasteiger partial charge < -0.3 is 15.5 Å². The fourth-order valence-electron chi connectivity index (χ4n) is 2.91. The first-order valence-electron chi connectivity index (χ1n) is 7.02. The number of nitrogens with zero attached hydrogens (tertiary/aromatic N) is 1. The van der Waals surface area contributed by atoms with Crippen molar-refractivity contribution in [2.24, 2.45) is 5.92 Å². The molecular formula is C15H24N2O2. The summed E-state index contributed by atoms with van der Waals surface area (Å²) in [5.74, 6) is 1.23. The summed E-state index contributed by atoms with van der Waals surface area (Å²) < 4.78 is 0. The summed E-state index contributed by atoms with van der Waals surface area (Å²) in [5.41, 5.74) is 0.812. The molecule has 1 heterocycles. The molecule has 4 heteroatoms. The van der Waals surface area contributed by atoms with E-state index in [1.54, 1.807) is 12.1 Å². The average Bonchev–Trinajstić information content (AvgIpc) is 2.42. The van der Waals surface area contributed by atoms with Crippen LogP contribution < -0.4 is 5.32 Å². The van der Waals surface area contributed by atoms with Crippen LogP contribution in [0, 0.1) is 5.92 Å². The molecule has 1 aromatic rings. The Balaban J connectivity index is 2.01. The molecule has 106 valence electrons. The molecule has 1 atom stereocenters. The monoisotopic (exact) mass is 264 g/mol. The van der Waals surface area contributed by atoms with Crippen molar-refractivity contribution in [1.29, 1.82) is 0 Å². The van der Waals surface area contributed by atoms with E-state index in [-0.39, 0.29) is 17.5 Å². The Morgan fingerprint density at radius 1 is 1.32 bits per heavy atom. The van der Waals surface area contributed by atoms with Crippen LogP contribution in [0.1, 0.15) is 31.4 Å². The maximum absolute atomic E-state index is 9.92.